The van der Waals surface area contributed by atoms with Crippen LogP contribution in [0.3, 0.4) is 0 Å². The Morgan fingerprint density at radius 2 is 1.72 bits per heavy atom. The number of benzene rings is 2. The van der Waals surface area contributed by atoms with Crippen LogP contribution in [0.15, 0.2) is 47.4 Å². The van der Waals surface area contributed by atoms with Crippen molar-refractivity contribution in [3.63, 3.8) is 0 Å². The molecule has 6 heteroatoms. The predicted octanol–water partition coefficient (Wildman–Crippen LogP) is 2.33. The van der Waals surface area contributed by atoms with Gasteiger partial charge in [0.1, 0.15) is 0 Å². The van der Waals surface area contributed by atoms with Crippen LogP contribution < -0.4 is 0 Å². The first-order valence-corrected chi connectivity index (χ1v) is 10.2. The first-order valence-electron chi connectivity index (χ1n) is 8.80. The third-order valence-electron chi connectivity index (χ3n) is 5.43. The molecule has 0 bridgehead atoms. The minimum Gasteiger partial charge on any atom is -0.372 e. The van der Waals surface area contributed by atoms with Gasteiger partial charge in [-0.3, -0.25) is 0 Å². The molecule has 2 fully saturated rings. The maximum Gasteiger partial charge on any atom is 0.243 e. The van der Waals surface area contributed by atoms with Gasteiger partial charge in [0.15, 0.2) is 0 Å². The van der Waals surface area contributed by atoms with E-state index in [0.717, 1.165) is 43.3 Å². The molecule has 0 aliphatic carbocycles. The highest BCUT2D eigenvalue weighted by molar-refractivity contribution is 7.89. The van der Waals surface area contributed by atoms with Crippen molar-refractivity contribution in [1.29, 1.82) is 0 Å². The molecule has 0 N–H and O–H groups in total. The fourth-order valence-corrected chi connectivity index (χ4v) is 5.43. The van der Waals surface area contributed by atoms with Crippen LogP contribution in [0.25, 0.3) is 10.8 Å². The molecule has 2 saturated heterocycles. The molecule has 0 unspecified atom stereocenters. The topological polar surface area (TPSA) is 49.9 Å². The molecule has 5 nitrogen and oxygen atoms in total. The number of morpholine rings is 1. The Bertz CT molecular complexity index is 873. The van der Waals surface area contributed by atoms with Crippen molar-refractivity contribution in [2.75, 3.05) is 39.8 Å². The number of hydrogen-bond acceptors (Lipinski definition) is 4. The van der Waals surface area contributed by atoms with Crippen molar-refractivity contribution in [3.05, 3.63) is 42.5 Å². The Labute approximate surface area is 149 Å². The summed E-state index contributed by atoms with van der Waals surface area (Å²) in [4.78, 5) is 2.65. The van der Waals surface area contributed by atoms with Crippen LogP contribution in [-0.4, -0.2) is 63.1 Å². The van der Waals surface area contributed by atoms with Crippen molar-refractivity contribution < 1.29 is 13.2 Å². The molecule has 1 spiro atoms. The Morgan fingerprint density at radius 3 is 2.44 bits per heavy atom. The number of fused-ring (bicyclic) bond motifs is 1. The Balaban J connectivity index is 1.54. The molecular weight excluding hydrogens is 336 g/mol. The van der Waals surface area contributed by atoms with Crippen LogP contribution in [0.1, 0.15) is 12.8 Å². The summed E-state index contributed by atoms with van der Waals surface area (Å²) in [6.45, 7) is 3.59. The van der Waals surface area contributed by atoms with Crippen molar-refractivity contribution >= 4 is 20.8 Å². The van der Waals surface area contributed by atoms with Gasteiger partial charge < -0.3 is 9.64 Å². The van der Waals surface area contributed by atoms with E-state index in [1.165, 1.54) is 0 Å². The van der Waals surface area contributed by atoms with E-state index >= 15 is 0 Å². The maximum absolute atomic E-state index is 13.0. The summed E-state index contributed by atoms with van der Waals surface area (Å²) in [5.41, 5.74) is -0.178. The highest BCUT2D eigenvalue weighted by atomic mass is 32.2. The molecule has 0 radical (unpaired) electrons. The zero-order valence-corrected chi connectivity index (χ0v) is 15.3. The smallest absolute Gasteiger partial charge is 0.243 e. The molecule has 134 valence electrons. The number of ether oxygens (including phenoxy) is 1. The van der Waals surface area contributed by atoms with Gasteiger partial charge in [-0.05, 0) is 42.8 Å². The Kier molecular flexibility index (Phi) is 4.32. The molecule has 2 aliphatic rings. The van der Waals surface area contributed by atoms with Crippen LogP contribution in [0, 0.1) is 0 Å². The van der Waals surface area contributed by atoms with Gasteiger partial charge in [-0.25, -0.2) is 8.42 Å². The Hall–Kier alpha value is -1.47. The van der Waals surface area contributed by atoms with Gasteiger partial charge in [0.2, 0.25) is 10.0 Å². The van der Waals surface area contributed by atoms with Crippen LogP contribution >= 0.6 is 0 Å². The zero-order chi connectivity index (χ0) is 17.5. The van der Waals surface area contributed by atoms with Crippen molar-refractivity contribution in [2.24, 2.45) is 0 Å². The third kappa shape index (κ3) is 3.19. The molecule has 0 atom stereocenters. The lowest BCUT2D eigenvalue weighted by molar-refractivity contribution is -0.124. The standard InChI is InChI=1S/C19H24N2O3S/c1-20-12-13-24-19(15-20)8-10-21(11-9-19)25(22,23)18-7-6-16-4-2-3-5-17(16)14-18/h2-7,14H,8-13,15H2,1H3. The molecular formula is C19H24N2O3S. The number of nitrogens with zero attached hydrogens (tertiary/aromatic N) is 2. The van der Waals surface area contributed by atoms with E-state index < -0.39 is 10.0 Å². The predicted molar refractivity (Wildman–Crippen MR) is 98.1 cm³/mol. The maximum atomic E-state index is 13.0. The average molecular weight is 360 g/mol. The third-order valence-corrected chi connectivity index (χ3v) is 7.33. The summed E-state index contributed by atoms with van der Waals surface area (Å²) in [5.74, 6) is 0. The van der Waals surface area contributed by atoms with Crippen LogP contribution in [0.4, 0.5) is 0 Å². The van der Waals surface area contributed by atoms with E-state index in [1.54, 1.807) is 16.4 Å². The van der Waals surface area contributed by atoms with Gasteiger partial charge in [0.05, 0.1) is 17.1 Å². The molecule has 0 amide bonds. The molecule has 2 aliphatic heterocycles. The minimum absolute atomic E-state index is 0.178. The van der Waals surface area contributed by atoms with Crippen LogP contribution in [0.5, 0.6) is 0 Å². The number of rotatable bonds is 2. The van der Waals surface area contributed by atoms with Crippen molar-refractivity contribution in [1.82, 2.24) is 9.21 Å². The van der Waals surface area contributed by atoms with E-state index in [9.17, 15) is 8.42 Å². The normalized spacial score (nSPS) is 22.4. The average Bonchev–Trinajstić information content (AvgIpc) is 2.61. The van der Waals surface area contributed by atoms with E-state index in [2.05, 4.69) is 11.9 Å². The first kappa shape index (κ1) is 17.0. The summed E-state index contributed by atoms with van der Waals surface area (Å²) in [6, 6.07) is 13.2. The molecule has 0 aromatic heterocycles. The highest BCUT2D eigenvalue weighted by Crippen LogP contribution is 2.32. The van der Waals surface area contributed by atoms with Crippen LogP contribution in [0.2, 0.25) is 0 Å². The number of hydrogen-bond donors (Lipinski definition) is 0. The first-order chi connectivity index (χ1) is 12.0. The summed E-state index contributed by atoms with van der Waals surface area (Å²) < 4.78 is 33.7. The summed E-state index contributed by atoms with van der Waals surface area (Å²) in [7, 11) is -1.36. The quantitative estimate of drug-likeness (QED) is 0.825. The summed E-state index contributed by atoms with van der Waals surface area (Å²) >= 11 is 0. The molecule has 25 heavy (non-hydrogen) atoms. The molecule has 4 rings (SSSR count). The number of likely N-dealkylation sites (N-methyl/N-ethyl adjacent to an activating group) is 1. The van der Waals surface area contributed by atoms with Gasteiger partial charge in [0, 0.05) is 26.2 Å². The minimum atomic E-state index is -3.46. The second-order valence-electron chi connectivity index (χ2n) is 7.18. The second kappa shape index (κ2) is 6.36. The van der Waals surface area contributed by atoms with Crippen molar-refractivity contribution in [2.45, 2.75) is 23.3 Å². The van der Waals surface area contributed by atoms with Gasteiger partial charge in [-0.2, -0.15) is 4.31 Å². The van der Waals surface area contributed by atoms with Gasteiger partial charge >= 0.3 is 0 Å². The zero-order valence-electron chi connectivity index (χ0n) is 14.5. The summed E-state index contributed by atoms with van der Waals surface area (Å²) in [6.07, 6.45) is 1.51. The fraction of sp³-hybridized carbons (Fsp3) is 0.474. The highest BCUT2D eigenvalue weighted by Gasteiger charge is 2.41. The number of piperidine rings is 1. The SMILES string of the molecule is CN1CCOC2(CCN(S(=O)(=O)c3ccc4ccccc4c3)CC2)C1. The lowest BCUT2D eigenvalue weighted by Gasteiger charge is -2.46. The Morgan fingerprint density at radius 1 is 1.00 bits per heavy atom. The monoisotopic (exact) mass is 360 g/mol. The molecule has 2 aromatic rings. The fourth-order valence-electron chi connectivity index (χ4n) is 3.95. The van der Waals surface area contributed by atoms with Gasteiger partial charge in [-0.1, -0.05) is 30.3 Å². The lowest BCUT2D eigenvalue weighted by Crippen LogP contribution is -2.56. The van der Waals surface area contributed by atoms with E-state index in [-0.39, 0.29) is 5.60 Å². The van der Waals surface area contributed by atoms with Gasteiger partial charge in [-0.15, -0.1) is 0 Å². The molecule has 2 heterocycles. The number of sulfonamides is 1. The largest absolute Gasteiger partial charge is 0.372 e. The van der Waals surface area contributed by atoms with E-state index in [1.807, 2.05) is 30.3 Å². The van der Waals surface area contributed by atoms with Gasteiger partial charge in [0.25, 0.3) is 0 Å². The van der Waals surface area contributed by atoms with E-state index in [0.29, 0.717) is 18.0 Å². The second-order valence-corrected chi connectivity index (χ2v) is 9.12. The molecule has 2 aromatic carbocycles. The van der Waals surface area contributed by atoms with Crippen molar-refractivity contribution in [3.8, 4) is 0 Å². The summed E-state index contributed by atoms with van der Waals surface area (Å²) in [5, 5.41) is 2.01. The lowest BCUT2D eigenvalue weighted by atomic mass is 9.90. The molecule has 0 saturated carbocycles. The van der Waals surface area contributed by atoms with E-state index in [4.69, 9.17) is 4.74 Å². The van der Waals surface area contributed by atoms with Crippen LogP contribution in [-0.2, 0) is 14.8 Å².